The lowest BCUT2D eigenvalue weighted by Gasteiger charge is -2.30. The van der Waals surface area contributed by atoms with Gasteiger partial charge >= 0.3 is 5.37 Å². The van der Waals surface area contributed by atoms with Crippen LogP contribution in [0.15, 0.2) is 30.3 Å². The smallest absolute Gasteiger partial charge is 0.316 e. The summed E-state index contributed by atoms with van der Waals surface area (Å²) in [4.78, 5) is 12.6. The number of carbonyl (C=O) groups excluding carboxylic acids is 1. The van der Waals surface area contributed by atoms with Gasteiger partial charge in [0, 0.05) is 25.9 Å². The van der Waals surface area contributed by atoms with Crippen LogP contribution in [0.4, 0.5) is 4.79 Å². The zero-order valence-electron chi connectivity index (χ0n) is 8.93. The van der Waals surface area contributed by atoms with Crippen LogP contribution in [0.3, 0.4) is 0 Å². The molecule has 2 rings (SSSR count). The van der Waals surface area contributed by atoms with E-state index < -0.39 is 0 Å². The van der Waals surface area contributed by atoms with Crippen LogP contribution in [0.1, 0.15) is 12.8 Å². The molecule has 1 heterocycles. The average molecular weight is 240 g/mol. The molecule has 0 N–H and O–H groups in total. The van der Waals surface area contributed by atoms with Gasteiger partial charge in [0.15, 0.2) is 0 Å². The first-order chi connectivity index (χ1) is 7.75. The highest BCUT2D eigenvalue weighted by Crippen LogP contribution is 2.19. The zero-order valence-corrected chi connectivity index (χ0v) is 9.69. The van der Waals surface area contributed by atoms with Crippen LogP contribution in [0, 0.1) is 0 Å². The van der Waals surface area contributed by atoms with Crippen molar-refractivity contribution in [1.29, 1.82) is 0 Å². The molecule has 0 aliphatic carbocycles. The number of piperidine rings is 1. The van der Waals surface area contributed by atoms with Crippen LogP contribution in [0.25, 0.3) is 0 Å². The van der Waals surface area contributed by atoms with E-state index in [-0.39, 0.29) is 11.5 Å². The molecule has 1 aliphatic heterocycles. The predicted molar refractivity (Wildman–Crippen MR) is 62.9 cm³/mol. The SMILES string of the molecule is O=C(Cl)N1CCC(Oc2ccccc2)CC1. The third-order valence-corrected chi connectivity index (χ3v) is 2.98. The molecule has 0 saturated carbocycles. The number of hydrogen-bond donors (Lipinski definition) is 0. The Morgan fingerprint density at radius 1 is 1.25 bits per heavy atom. The molecule has 1 aliphatic rings. The zero-order chi connectivity index (χ0) is 11.4. The molecule has 0 bridgehead atoms. The van der Waals surface area contributed by atoms with Crippen molar-refractivity contribution in [3.05, 3.63) is 30.3 Å². The second kappa shape index (κ2) is 5.21. The Morgan fingerprint density at radius 2 is 1.88 bits per heavy atom. The predicted octanol–water partition coefficient (Wildman–Crippen LogP) is 2.89. The number of nitrogens with zero attached hydrogens (tertiary/aromatic N) is 1. The van der Waals surface area contributed by atoms with Crippen molar-refractivity contribution in [1.82, 2.24) is 4.90 Å². The topological polar surface area (TPSA) is 29.5 Å². The van der Waals surface area contributed by atoms with Gasteiger partial charge in [-0.2, -0.15) is 0 Å². The van der Waals surface area contributed by atoms with Gasteiger partial charge in [0.25, 0.3) is 0 Å². The molecule has 0 radical (unpaired) electrons. The molecular formula is C12H14ClNO2. The third kappa shape index (κ3) is 2.89. The summed E-state index contributed by atoms with van der Waals surface area (Å²) in [5.74, 6) is 0.887. The second-order valence-electron chi connectivity index (χ2n) is 3.87. The van der Waals surface area contributed by atoms with E-state index in [0.29, 0.717) is 13.1 Å². The molecular weight excluding hydrogens is 226 g/mol. The van der Waals surface area contributed by atoms with Gasteiger partial charge in [-0.05, 0) is 23.7 Å². The van der Waals surface area contributed by atoms with Gasteiger partial charge in [0.2, 0.25) is 0 Å². The van der Waals surface area contributed by atoms with E-state index in [0.717, 1.165) is 18.6 Å². The van der Waals surface area contributed by atoms with Crippen molar-refractivity contribution in [2.24, 2.45) is 0 Å². The van der Waals surface area contributed by atoms with Crippen LogP contribution >= 0.6 is 11.6 Å². The van der Waals surface area contributed by atoms with Crippen LogP contribution in [0.5, 0.6) is 5.75 Å². The normalized spacial score (nSPS) is 17.2. The molecule has 4 heteroatoms. The van der Waals surface area contributed by atoms with Crippen LogP contribution in [0.2, 0.25) is 0 Å². The van der Waals surface area contributed by atoms with Gasteiger partial charge in [-0.25, -0.2) is 0 Å². The molecule has 1 aromatic carbocycles. The van der Waals surface area contributed by atoms with Crippen molar-refractivity contribution in [3.63, 3.8) is 0 Å². The quantitative estimate of drug-likeness (QED) is 0.587. The second-order valence-corrected chi connectivity index (χ2v) is 4.19. The first kappa shape index (κ1) is 11.3. The number of ether oxygens (including phenoxy) is 1. The number of amides is 1. The van der Waals surface area contributed by atoms with E-state index in [2.05, 4.69) is 0 Å². The Labute approximate surface area is 100.0 Å². The summed E-state index contributed by atoms with van der Waals surface area (Å²) in [6.07, 6.45) is 1.87. The number of carbonyl (C=O) groups is 1. The summed E-state index contributed by atoms with van der Waals surface area (Å²) in [5.41, 5.74) is 0. The maximum Gasteiger partial charge on any atom is 0.316 e. The Balaban J connectivity index is 1.84. The van der Waals surface area contributed by atoms with Gasteiger partial charge in [0.05, 0.1) is 0 Å². The largest absolute Gasteiger partial charge is 0.490 e. The van der Waals surface area contributed by atoms with Gasteiger partial charge in [0.1, 0.15) is 11.9 Å². The first-order valence-electron chi connectivity index (χ1n) is 5.42. The van der Waals surface area contributed by atoms with E-state index in [9.17, 15) is 4.79 Å². The van der Waals surface area contributed by atoms with Crippen LogP contribution < -0.4 is 4.74 Å². The summed E-state index contributed by atoms with van der Waals surface area (Å²) in [5, 5.41) is -0.363. The third-order valence-electron chi connectivity index (χ3n) is 2.74. The van der Waals surface area contributed by atoms with Crippen molar-refractivity contribution >= 4 is 17.0 Å². The monoisotopic (exact) mass is 239 g/mol. The minimum atomic E-state index is -0.363. The number of rotatable bonds is 2. The van der Waals surface area contributed by atoms with Gasteiger partial charge < -0.3 is 9.64 Å². The van der Waals surface area contributed by atoms with Crippen molar-refractivity contribution in [2.75, 3.05) is 13.1 Å². The molecule has 0 aromatic heterocycles. The fourth-order valence-electron chi connectivity index (χ4n) is 1.84. The van der Waals surface area contributed by atoms with E-state index >= 15 is 0 Å². The van der Waals surface area contributed by atoms with E-state index in [1.165, 1.54) is 0 Å². The standard InChI is InChI=1S/C12H14ClNO2/c13-12(15)14-8-6-11(7-9-14)16-10-4-2-1-3-5-10/h1-5,11H,6-9H2. The van der Waals surface area contributed by atoms with Crippen LogP contribution in [-0.4, -0.2) is 29.5 Å². The number of hydrogen-bond acceptors (Lipinski definition) is 2. The van der Waals surface area contributed by atoms with Crippen molar-refractivity contribution in [3.8, 4) is 5.75 Å². The number of para-hydroxylation sites is 1. The highest BCUT2D eigenvalue weighted by atomic mass is 35.5. The minimum absolute atomic E-state index is 0.190. The molecule has 1 aromatic rings. The van der Waals surface area contributed by atoms with Gasteiger partial charge in [-0.3, -0.25) is 4.79 Å². The van der Waals surface area contributed by atoms with E-state index in [1.54, 1.807) is 4.90 Å². The maximum absolute atomic E-state index is 10.9. The fraction of sp³-hybridized carbons (Fsp3) is 0.417. The maximum atomic E-state index is 10.9. The molecule has 1 fully saturated rings. The van der Waals surface area contributed by atoms with Gasteiger partial charge in [-0.1, -0.05) is 18.2 Å². The summed E-state index contributed by atoms with van der Waals surface area (Å²) < 4.78 is 5.80. The number of likely N-dealkylation sites (tertiary alicyclic amines) is 1. The highest BCUT2D eigenvalue weighted by molar-refractivity contribution is 6.62. The van der Waals surface area contributed by atoms with Crippen molar-refractivity contribution < 1.29 is 9.53 Å². The molecule has 1 amide bonds. The van der Waals surface area contributed by atoms with Crippen molar-refractivity contribution in [2.45, 2.75) is 18.9 Å². The molecule has 0 spiro atoms. The first-order valence-corrected chi connectivity index (χ1v) is 5.79. The molecule has 3 nitrogen and oxygen atoms in total. The Morgan fingerprint density at radius 3 is 2.44 bits per heavy atom. The Hall–Kier alpha value is -1.22. The highest BCUT2D eigenvalue weighted by Gasteiger charge is 2.22. The number of benzene rings is 1. The molecule has 16 heavy (non-hydrogen) atoms. The summed E-state index contributed by atoms with van der Waals surface area (Å²) in [6, 6.07) is 9.75. The molecule has 0 atom stereocenters. The average Bonchev–Trinajstić information content (AvgIpc) is 2.31. The van der Waals surface area contributed by atoms with Crippen LogP contribution in [-0.2, 0) is 0 Å². The molecule has 0 unspecified atom stereocenters. The minimum Gasteiger partial charge on any atom is -0.490 e. The molecule has 86 valence electrons. The van der Waals surface area contributed by atoms with E-state index in [1.807, 2.05) is 30.3 Å². The summed E-state index contributed by atoms with van der Waals surface area (Å²) >= 11 is 5.41. The summed E-state index contributed by atoms with van der Waals surface area (Å²) in [6.45, 7) is 1.36. The molecule has 1 saturated heterocycles. The lowest BCUT2D eigenvalue weighted by molar-refractivity contribution is 0.118. The fourth-order valence-corrected chi connectivity index (χ4v) is 2.01. The summed E-state index contributed by atoms with van der Waals surface area (Å²) in [7, 11) is 0. The van der Waals surface area contributed by atoms with Gasteiger partial charge in [-0.15, -0.1) is 0 Å². The lowest BCUT2D eigenvalue weighted by atomic mass is 10.1. The Kier molecular flexibility index (Phi) is 3.67. The lowest BCUT2D eigenvalue weighted by Crippen LogP contribution is -2.39. The Bertz CT molecular complexity index is 347. The number of halogens is 1. The van der Waals surface area contributed by atoms with E-state index in [4.69, 9.17) is 16.3 Å².